The molecule has 1 aliphatic carbocycles. The summed E-state index contributed by atoms with van der Waals surface area (Å²) >= 11 is 5.27. The number of halogens is 1. The third kappa shape index (κ3) is 4.30. The minimum absolute atomic E-state index is 0.0440. The maximum atomic E-state index is 6.40. The second kappa shape index (κ2) is 6.91. The number of nitrogens with two attached hydrogens (primary N) is 1. The molecule has 0 bridgehead atoms. The molecule has 1 aliphatic rings. The third-order valence-electron chi connectivity index (χ3n) is 4.36. The van der Waals surface area contributed by atoms with Crippen LogP contribution in [0.4, 0.5) is 0 Å². The highest BCUT2D eigenvalue weighted by Crippen LogP contribution is 2.39. The summed E-state index contributed by atoms with van der Waals surface area (Å²) in [6.45, 7) is 6.84. The molecular weight excluding hydrogens is 334 g/mol. The van der Waals surface area contributed by atoms with Crippen molar-refractivity contribution in [3.8, 4) is 0 Å². The second-order valence-electron chi connectivity index (χ2n) is 6.63. The number of ether oxygens (including phenoxy) is 1. The Labute approximate surface area is 135 Å². The Kier molecular flexibility index (Phi) is 5.69. The van der Waals surface area contributed by atoms with E-state index in [1.807, 2.05) is 0 Å². The molecular formula is C16H26BrNOS. The Morgan fingerprint density at radius 3 is 2.55 bits per heavy atom. The molecule has 20 heavy (non-hydrogen) atoms. The van der Waals surface area contributed by atoms with E-state index in [9.17, 15) is 0 Å². The van der Waals surface area contributed by atoms with Crippen molar-refractivity contribution in [1.29, 1.82) is 0 Å². The molecule has 0 saturated heterocycles. The highest BCUT2D eigenvalue weighted by atomic mass is 79.9. The normalized spacial score (nSPS) is 22.6. The van der Waals surface area contributed by atoms with E-state index < -0.39 is 0 Å². The van der Waals surface area contributed by atoms with Crippen molar-refractivity contribution in [2.24, 2.45) is 11.1 Å². The zero-order valence-electron chi connectivity index (χ0n) is 12.7. The lowest BCUT2D eigenvalue weighted by atomic mass is 9.76. The number of hydrogen-bond acceptors (Lipinski definition) is 3. The summed E-state index contributed by atoms with van der Waals surface area (Å²) < 4.78 is 7.55. The van der Waals surface area contributed by atoms with Crippen LogP contribution < -0.4 is 5.73 Å². The molecule has 4 heteroatoms. The second-order valence-corrected chi connectivity index (χ2v) is 9.13. The van der Waals surface area contributed by atoms with Crippen LogP contribution in [0.15, 0.2) is 15.9 Å². The van der Waals surface area contributed by atoms with Gasteiger partial charge >= 0.3 is 0 Å². The first-order chi connectivity index (χ1) is 9.41. The van der Waals surface area contributed by atoms with Gasteiger partial charge in [0.25, 0.3) is 0 Å². The summed E-state index contributed by atoms with van der Waals surface area (Å²) in [7, 11) is 0. The minimum atomic E-state index is 0.0440. The third-order valence-corrected chi connectivity index (χ3v) is 6.05. The topological polar surface area (TPSA) is 35.2 Å². The number of thiophene rings is 1. The van der Waals surface area contributed by atoms with Crippen LogP contribution in [0.3, 0.4) is 0 Å². The van der Waals surface area contributed by atoms with Gasteiger partial charge in [-0.25, -0.2) is 0 Å². The SMILES string of the molecule is CCC(N)C(OC1CCC(C)(C)CC1)c1ccc(Br)s1. The maximum absolute atomic E-state index is 6.40. The zero-order valence-corrected chi connectivity index (χ0v) is 15.1. The summed E-state index contributed by atoms with van der Waals surface area (Å²) in [5.41, 5.74) is 6.78. The fourth-order valence-corrected chi connectivity index (χ4v) is 4.33. The average molecular weight is 360 g/mol. The van der Waals surface area contributed by atoms with E-state index in [1.54, 1.807) is 11.3 Å². The molecule has 1 heterocycles. The molecule has 1 aromatic heterocycles. The van der Waals surface area contributed by atoms with E-state index in [2.05, 4.69) is 48.8 Å². The maximum Gasteiger partial charge on any atom is 0.107 e. The molecule has 0 radical (unpaired) electrons. The Balaban J connectivity index is 2.02. The molecule has 2 N–H and O–H groups in total. The van der Waals surface area contributed by atoms with Crippen molar-refractivity contribution >= 4 is 27.3 Å². The molecule has 2 nitrogen and oxygen atoms in total. The van der Waals surface area contributed by atoms with Crippen LogP contribution in [0.5, 0.6) is 0 Å². The molecule has 2 rings (SSSR count). The van der Waals surface area contributed by atoms with Gasteiger partial charge in [0.1, 0.15) is 6.10 Å². The van der Waals surface area contributed by atoms with E-state index in [4.69, 9.17) is 10.5 Å². The summed E-state index contributed by atoms with van der Waals surface area (Å²) in [6.07, 6.45) is 6.17. The van der Waals surface area contributed by atoms with Crippen molar-refractivity contribution in [3.63, 3.8) is 0 Å². The van der Waals surface area contributed by atoms with Crippen LogP contribution in [0.1, 0.15) is 63.9 Å². The molecule has 2 atom stereocenters. The molecule has 1 aromatic rings. The average Bonchev–Trinajstić information content (AvgIpc) is 2.83. The molecule has 0 aliphatic heterocycles. The summed E-state index contributed by atoms with van der Waals surface area (Å²) in [5, 5.41) is 0. The molecule has 1 saturated carbocycles. The molecule has 0 spiro atoms. The zero-order chi connectivity index (χ0) is 14.8. The van der Waals surface area contributed by atoms with E-state index in [-0.39, 0.29) is 12.1 Å². The lowest BCUT2D eigenvalue weighted by Crippen LogP contribution is -2.34. The van der Waals surface area contributed by atoms with Crippen LogP contribution in [-0.4, -0.2) is 12.1 Å². The van der Waals surface area contributed by atoms with E-state index in [0.29, 0.717) is 11.5 Å². The van der Waals surface area contributed by atoms with Crippen molar-refractivity contribution in [1.82, 2.24) is 0 Å². The van der Waals surface area contributed by atoms with Gasteiger partial charge in [-0.15, -0.1) is 11.3 Å². The van der Waals surface area contributed by atoms with Crippen LogP contribution >= 0.6 is 27.3 Å². The number of hydrogen-bond donors (Lipinski definition) is 1. The fraction of sp³-hybridized carbons (Fsp3) is 0.750. The van der Waals surface area contributed by atoms with Crippen LogP contribution in [0, 0.1) is 5.41 Å². The Bertz CT molecular complexity index is 422. The van der Waals surface area contributed by atoms with Crippen LogP contribution in [0.25, 0.3) is 0 Å². The van der Waals surface area contributed by atoms with E-state index >= 15 is 0 Å². The summed E-state index contributed by atoms with van der Waals surface area (Å²) in [4.78, 5) is 1.25. The predicted molar refractivity (Wildman–Crippen MR) is 90.1 cm³/mol. The molecule has 114 valence electrons. The summed E-state index contributed by atoms with van der Waals surface area (Å²) in [5.74, 6) is 0. The first-order valence-corrected chi connectivity index (χ1v) is 9.18. The van der Waals surface area contributed by atoms with Gasteiger partial charge in [-0.2, -0.15) is 0 Å². The molecule has 0 aromatic carbocycles. The van der Waals surface area contributed by atoms with Crippen molar-refractivity contribution in [2.45, 2.75) is 71.1 Å². The van der Waals surface area contributed by atoms with Crippen molar-refractivity contribution in [2.75, 3.05) is 0 Å². The quantitative estimate of drug-likeness (QED) is 0.776. The lowest BCUT2D eigenvalue weighted by molar-refractivity contribution is -0.0559. The molecule has 1 fully saturated rings. The standard InChI is InChI=1S/C16H26BrNOS/c1-4-12(18)15(13-5-6-14(17)20-13)19-11-7-9-16(2,3)10-8-11/h5-6,11-12,15H,4,7-10,18H2,1-3H3. The van der Waals surface area contributed by atoms with Gasteiger partial charge in [0.2, 0.25) is 0 Å². The van der Waals surface area contributed by atoms with Gasteiger partial charge < -0.3 is 10.5 Å². The highest BCUT2D eigenvalue weighted by Gasteiger charge is 2.31. The van der Waals surface area contributed by atoms with Crippen LogP contribution in [0.2, 0.25) is 0 Å². The number of rotatable bonds is 5. The molecule has 0 amide bonds. The first kappa shape index (κ1) is 16.5. The Morgan fingerprint density at radius 1 is 1.40 bits per heavy atom. The smallest absolute Gasteiger partial charge is 0.107 e. The van der Waals surface area contributed by atoms with Crippen molar-refractivity contribution in [3.05, 3.63) is 20.8 Å². The van der Waals surface area contributed by atoms with Crippen LogP contribution in [-0.2, 0) is 4.74 Å². The van der Waals surface area contributed by atoms with Gasteiger partial charge in [-0.3, -0.25) is 0 Å². The monoisotopic (exact) mass is 359 g/mol. The van der Waals surface area contributed by atoms with Gasteiger partial charge in [0, 0.05) is 10.9 Å². The van der Waals surface area contributed by atoms with Crippen molar-refractivity contribution < 1.29 is 4.74 Å². The van der Waals surface area contributed by atoms with E-state index in [1.165, 1.54) is 17.7 Å². The Morgan fingerprint density at radius 2 is 2.05 bits per heavy atom. The lowest BCUT2D eigenvalue weighted by Gasteiger charge is -2.36. The largest absolute Gasteiger partial charge is 0.368 e. The minimum Gasteiger partial charge on any atom is -0.368 e. The van der Waals surface area contributed by atoms with Gasteiger partial charge in [0.15, 0.2) is 0 Å². The summed E-state index contributed by atoms with van der Waals surface area (Å²) in [6, 6.07) is 4.31. The molecule has 2 unspecified atom stereocenters. The highest BCUT2D eigenvalue weighted by molar-refractivity contribution is 9.11. The fourth-order valence-electron chi connectivity index (χ4n) is 2.79. The van der Waals surface area contributed by atoms with Gasteiger partial charge in [-0.05, 0) is 65.6 Å². The first-order valence-electron chi connectivity index (χ1n) is 7.57. The van der Waals surface area contributed by atoms with Gasteiger partial charge in [0.05, 0.1) is 9.89 Å². The van der Waals surface area contributed by atoms with Gasteiger partial charge in [-0.1, -0.05) is 20.8 Å². The van der Waals surface area contributed by atoms with E-state index in [0.717, 1.165) is 23.0 Å². The predicted octanol–water partition coefficient (Wildman–Crippen LogP) is 5.27. The Hall–Kier alpha value is 0.1000.